The Morgan fingerprint density at radius 3 is 2.42 bits per heavy atom. The third-order valence-corrected chi connectivity index (χ3v) is 4.71. The Labute approximate surface area is 139 Å². The SMILES string of the molecule is O=C1c2cccc3c(O)ccc(c23)C(=O)N1CCN1CCOCC1. The molecule has 6 heteroatoms. The second-order valence-corrected chi connectivity index (χ2v) is 6.08. The van der Waals surface area contributed by atoms with Crippen LogP contribution in [0.3, 0.4) is 0 Å². The van der Waals surface area contributed by atoms with Gasteiger partial charge in [0.05, 0.1) is 13.2 Å². The van der Waals surface area contributed by atoms with E-state index in [1.165, 1.54) is 11.0 Å². The van der Waals surface area contributed by atoms with Gasteiger partial charge in [0.15, 0.2) is 0 Å². The Morgan fingerprint density at radius 2 is 1.67 bits per heavy atom. The molecule has 1 saturated heterocycles. The van der Waals surface area contributed by atoms with Crippen LogP contribution in [0.2, 0.25) is 0 Å². The molecule has 1 N–H and O–H groups in total. The van der Waals surface area contributed by atoms with Crippen molar-refractivity contribution in [3.05, 3.63) is 41.5 Å². The molecule has 2 aromatic carbocycles. The van der Waals surface area contributed by atoms with Gasteiger partial charge in [-0.05, 0) is 18.2 Å². The number of morpholine rings is 1. The molecule has 124 valence electrons. The maximum atomic E-state index is 12.8. The monoisotopic (exact) mass is 326 g/mol. The lowest BCUT2D eigenvalue weighted by molar-refractivity contribution is 0.0316. The first-order valence-corrected chi connectivity index (χ1v) is 8.08. The minimum Gasteiger partial charge on any atom is -0.507 e. The van der Waals surface area contributed by atoms with E-state index in [0.717, 1.165) is 13.1 Å². The quantitative estimate of drug-likeness (QED) is 0.865. The van der Waals surface area contributed by atoms with Crippen LogP contribution in [-0.4, -0.2) is 66.1 Å². The van der Waals surface area contributed by atoms with Crippen LogP contribution in [-0.2, 0) is 4.74 Å². The lowest BCUT2D eigenvalue weighted by Crippen LogP contribution is -2.46. The molecule has 2 amide bonds. The molecule has 0 aromatic heterocycles. The molecule has 2 aliphatic heterocycles. The zero-order chi connectivity index (χ0) is 16.7. The van der Waals surface area contributed by atoms with Crippen LogP contribution in [0.1, 0.15) is 20.7 Å². The topological polar surface area (TPSA) is 70.1 Å². The first-order chi connectivity index (χ1) is 11.7. The summed E-state index contributed by atoms with van der Waals surface area (Å²) in [4.78, 5) is 29.1. The standard InChI is InChI=1S/C18H18N2O4/c21-15-5-4-14-16-12(15)2-1-3-13(16)17(22)20(18(14)23)7-6-19-8-10-24-11-9-19/h1-5,21H,6-11H2. The maximum Gasteiger partial charge on any atom is 0.261 e. The fourth-order valence-corrected chi connectivity index (χ4v) is 3.40. The highest BCUT2D eigenvalue weighted by atomic mass is 16.5. The van der Waals surface area contributed by atoms with Gasteiger partial charge < -0.3 is 9.84 Å². The van der Waals surface area contributed by atoms with E-state index in [4.69, 9.17) is 4.74 Å². The van der Waals surface area contributed by atoms with Crippen LogP contribution < -0.4 is 0 Å². The molecule has 1 fully saturated rings. The molecule has 0 unspecified atom stereocenters. The molecule has 0 saturated carbocycles. The zero-order valence-corrected chi connectivity index (χ0v) is 13.2. The molecule has 24 heavy (non-hydrogen) atoms. The van der Waals surface area contributed by atoms with E-state index in [-0.39, 0.29) is 17.6 Å². The van der Waals surface area contributed by atoms with Gasteiger partial charge in [0.2, 0.25) is 0 Å². The number of imide groups is 1. The summed E-state index contributed by atoms with van der Waals surface area (Å²) in [5, 5.41) is 11.1. The van der Waals surface area contributed by atoms with Crippen molar-refractivity contribution in [2.75, 3.05) is 39.4 Å². The van der Waals surface area contributed by atoms with Gasteiger partial charge in [0, 0.05) is 48.1 Å². The van der Waals surface area contributed by atoms with Gasteiger partial charge in [-0.25, -0.2) is 0 Å². The Morgan fingerprint density at radius 1 is 0.958 bits per heavy atom. The summed E-state index contributed by atoms with van der Waals surface area (Å²) in [7, 11) is 0. The highest BCUT2D eigenvalue weighted by molar-refractivity contribution is 6.26. The highest BCUT2D eigenvalue weighted by Crippen LogP contribution is 2.34. The fourth-order valence-electron chi connectivity index (χ4n) is 3.40. The average molecular weight is 326 g/mol. The molecular weight excluding hydrogens is 308 g/mol. The molecular formula is C18H18N2O4. The first kappa shape index (κ1) is 15.1. The minimum atomic E-state index is -0.294. The predicted molar refractivity (Wildman–Crippen MR) is 88.2 cm³/mol. The van der Waals surface area contributed by atoms with Gasteiger partial charge in [-0.2, -0.15) is 0 Å². The van der Waals surface area contributed by atoms with Crippen molar-refractivity contribution < 1.29 is 19.4 Å². The summed E-state index contributed by atoms with van der Waals surface area (Å²) in [6.45, 7) is 4.00. The number of phenolic OH excluding ortho intramolecular Hbond substituents is 1. The van der Waals surface area contributed by atoms with Gasteiger partial charge in [0.25, 0.3) is 11.8 Å². The zero-order valence-electron chi connectivity index (χ0n) is 13.2. The van der Waals surface area contributed by atoms with Crippen molar-refractivity contribution in [3.63, 3.8) is 0 Å². The van der Waals surface area contributed by atoms with Crippen molar-refractivity contribution >= 4 is 22.6 Å². The first-order valence-electron chi connectivity index (χ1n) is 8.08. The van der Waals surface area contributed by atoms with Crippen LogP contribution in [0.15, 0.2) is 30.3 Å². The van der Waals surface area contributed by atoms with E-state index in [0.29, 0.717) is 48.2 Å². The number of amides is 2. The average Bonchev–Trinajstić information content (AvgIpc) is 2.61. The summed E-state index contributed by atoms with van der Waals surface area (Å²) in [5.74, 6) is -0.508. The van der Waals surface area contributed by atoms with Crippen molar-refractivity contribution in [1.29, 1.82) is 0 Å². The number of hydrogen-bond donors (Lipinski definition) is 1. The van der Waals surface area contributed by atoms with Gasteiger partial charge in [0.1, 0.15) is 5.75 Å². The van der Waals surface area contributed by atoms with E-state index < -0.39 is 0 Å². The second-order valence-electron chi connectivity index (χ2n) is 6.08. The normalized spacial score (nSPS) is 18.4. The van der Waals surface area contributed by atoms with Crippen LogP contribution in [0.25, 0.3) is 10.8 Å². The molecule has 0 spiro atoms. The van der Waals surface area contributed by atoms with Gasteiger partial charge in [-0.1, -0.05) is 12.1 Å². The molecule has 6 nitrogen and oxygen atoms in total. The third-order valence-electron chi connectivity index (χ3n) is 4.71. The number of rotatable bonds is 3. The van der Waals surface area contributed by atoms with E-state index in [9.17, 15) is 14.7 Å². The summed E-state index contributed by atoms with van der Waals surface area (Å²) >= 11 is 0. The van der Waals surface area contributed by atoms with E-state index >= 15 is 0 Å². The van der Waals surface area contributed by atoms with Crippen LogP contribution >= 0.6 is 0 Å². The largest absolute Gasteiger partial charge is 0.507 e. The summed E-state index contributed by atoms with van der Waals surface area (Å²) < 4.78 is 5.32. The number of carbonyl (C=O) groups is 2. The number of ether oxygens (including phenoxy) is 1. The number of phenols is 1. The number of hydrogen-bond acceptors (Lipinski definition) is 5. The Kier molecular flexibility index (Phi) is 3.70. The van der Waals surface area contributed by atoms with Crippen molar-refractivity contribution in [3.8, 4) is 5.75 Å². The molecule has 0 atom stereocenters. The summed E-state index contributed by atoms with van der Waals surface area (Å²) in [5.41, 5.74) is 0.944. The lowest BCUT2D eigenvalue weighted by atomic mass is 9.93. The number of aromatic hydroxyl groups is 1. The van der Waals surface area contributed by atoms with E-state index in [2.05, 4.69) is 4.90 Å². The maximum absolute atomic E-state index is 12.8. The highest BCUT2D eigenvalue weighted by Gasteiger charge is 2.33. The fraction of sp³-hybridized carbons (Fsp3) is 0.333. The molecule has 0 bridgehead atoms. The Hall–Kier alpha value is -2.44. The smallest absolute Gasteiger partial charge is 0.261 e. The molecule has 4 rings (SSSR count). The number of benzene rings is 2. The van der Waals surface area contributed by atoms with Crippen LogP contribution in [0.5, 0.6) is 5.75 Å². The summed E-state index contributed by atoms with van der Waals surface area (Å²) in [6.07, 6.45) is 0. The Bertz CT molecular complexity index is 805. The van der Waals surface area contributed by atoms with Crippen LogP contribution in [0.4, 0.5) is 0 Å². The Balaban J connectivity index is 1.66. The molecule has 0 radical (unpaired) electrons. The van der Waals surface area contributed by atoms with E-state index in [1.54, 1.807) is 24.3 Å². The molecule has 2 heterocycles. The number of carbonyl (C=O) groups excluding carboxylic acids is 2. The van der Waals surface area contributed by atoms with Crippen LogP contribution in [0, 0.1) is 0 Å². The van der Waals surface area contributed by atoms with E-state index in [1.807, 2.05) is 0 Å². The van der Waals surface area contributed by atoms with Gasteiger partial charge in [-0.3, -0.25) is 19.4 Å². The summed E-state index contributed by atoms with van der Waals surface area (Å²) in [6, 6.07) is 8.27. The second kappa shape index (κ2) is 5.89. The lowest BCUT2D eigenvalue weighted by Gasteiger charge is -2.31. The minimum absolute atomic E-state index is 0.0815. The molecule has 2 aliphatic rings. The van der Waals surface area contributed by atoms with Crippen molar-refractivity contribution in [2.45, 2.75) is 0 Å². The molecule has 0 aliphatic carbocycles. The third kappa shape index (κ3) is 2.35. The van der Waals surface area contributed by atoms with Crippen molar-refractivity contribution in [1.82, 2.24) is 9.80 Å². The predicted octanol–water partition coefficient (Wildman–Crippen LogP) is 1.47. The van der Waals surface area contributed by atoms with Gasteiger partial charge in [-0.15, -0.1) is 0 Å². The van der Waals surface area contributed by atoms with Crippen molar-refractivity contribution in [2.24, 2.45) is 0 Å². The molecule has 2 aromatic rings. The number of nitrogens with zero attached hydrogens (tertiary/aromatic N) is 2. The van der Waals surface area contributed by atoms with Gasteiger partial charge >= 0.3 is 0 Å².